The maximum atomic E-state index is 12.8. The molecule has 6 heteroatoms. The normalized spacial score (nSPS) is 12.9. The van der Waals surface area contributed by atoms with E-state index >= 15 is 0 Å². The van der Waals surface area contributed by atoms with Crippen LogP contribution in [0.25, 0.3) is 10.8 Å². The summed E-state index contributed by atoms with van der Waals surface area (Å²) >= 11 is -1.79. The van der Waals surface area contributed by atoms with Crippen LogP contribution in [0.5, 0.6) is 0 Å². The molecule has 0 bridgehead atoms. The number of sulfonamides is 1. The van der Waals surface area contributed by atoms with E-state index < -0.39 is 24.1 Å². The zero-order chi connectivity index (χ0) is 18.9. The number of anilines is 1. The van der Waals surface area contributed by atoms with Gasteiger partial charge in [0.25, 0.3) is 0 Å². The van der Waals surface area contributed by atoms with Crippen LogP contribution in [-0.2, 0) is 10.0 Å². The van der Waals surface area contributed by atoms with Crippen LogP contribution in [0.3, 0.4) is 0 Å². The van der Waals surface area contributed by atoms with Gasteiger partial charge in [-0.2, -0.15) is 0 Å². The van der Waals surface area contributed by atoms with E-state index in [1.807, 2.05) is 57.2 Å². The van der Waals surface area contributed by atoms with Crippen LogP contribution >= 0.6 is 0 Å². The zero-order valence-electron chi connectivity index (χ0n) is 15.4. The first kappa shape index (κ1) is 18.9. The number of hydrogen-bond donors (Lipinski definition) is 1. The van der Waals surface area contributed by atoms with Crippen LogP contribution in [0, 0.1) is 6.92 Å². The Morgan fingerprint density at radius 1 is 0.923 bits per heavy atom. The van der Waals surface area contributed by atoms with Crippen LogP contribution in [0.15, 0.2) is 65.6 Å². The molecule has 0 aliphatic carbocycles. The molecule has 0 aliphatic rings. The summed E-state index contributed by atoms with van der Waals surface area (Å²) in [6, 6.07) is 19.2. The van der Waals surface area contributed by atoms with Gasteiger partial charge in [-0.1, -0.05) is 0 Å². The second-order valence-electron chi connectivity index (χ2n) is 6.44. The van der Waals surface area contributed by atoms with Gasteiger partial charge in [-0.05, 0) is 0 Å². The molecule has 4 nitrogen and oxygen atoms in total. The van der Waals surface area contributed by atoms with Crippen molar-refractivity contribution < 1.29 is 8.42 Å². The summed E-state index contributed by atoms with van der Waals surface area (Å²) in [5.41, 5.74) is 2.14. The number of benzene rings is 3. The van der Waals surface area contributed by atoms with E-state index in [9.17, 15) is 8.42 Å². The molecular weight excluding hydrogens is 411 g/mol. The Bertz CT molecular complexity index is 1030. The average Bonchev–Trinajstić information content (AvgIpc) is 2.60. The Morgan fingerprint density at radius 3 is 2.15 bits per heavy atom. The molecule has 0 aliphatic heterocycles. The molecule has 3 aromatic rings. The Morgan fingerprint density at radius 2 is 1.54 bits per heavy atom. The van der Waals surface area contributed by atoms with E-state index in [0.29, 0.717) is 4.90 Å². The number of nitrogens with one attached hydrogen (secondary N) is 1. The van der Waals surface area contributed by atoms with Crippen molar-refractivity contribution in [2.45, 2.75) is 17.6 Å². The molecule has 3 rings (SSSR count). The fourth-order valence-electron chi connectivity index (χ4n) is 2.89. The Hall–Kier alpha value is -1.85. The van der Waals surface area contributed by atoms with E-state index in [0.717, 1.165) is 26.5 Å². The number of rotatable bonds is 5. The Balaban J connectivity index is 2.03. The standard InChI is InChI=1S/C20H23N2O2SSe/c1-15-11-13-17(14-12-15)25(23,24)21-26(4)19-10-6-8-16-7-5-9-18(20(16)19)22(2)3/h5-14,21H,1-4H3/q+1. The van der Waals surface area contributed by atoms with Gasteiger partial charge in [0, 0.05) is 0 Å². The third-order valence-corrected chi connectivity index (χ3v) is 10.6. The van der Waals surface area contributed by atoms with Gasteiger partial charge in [-0.25, -0.2) is 0 Å². The summed E-state index contributed by atoms with van der Waals surface area (Å²) in [6.45, 7) is 1.94. The van der Waals surface area contributed by atoms with Crippen molar-refractivity contribution in [2.24, 2.45) is 0 Å². The van der Waals surface area contributed by atoms with Gasteiger partial charge >= 0.3 is 160 Å². The van der Waals surface area contributed by atoms with E-state index in [1.165, 1.54) is 0 Å². The van der Waals surface area contributed by atoms with Gasteiger partial charge in [-0.15, -0.1) is 0 Å². The molecule has 0 amide bonds. The van der Waals surface area contributed by atoms with E-state index in [-0.39, 0.29) is 0 Å². The summed E-state index contributed by atoms with van der Waals surface area (Å²) in [5, 5.41) is 2.25. The maximum absolute atomic E-state index is 12.8. The average molecular weight is 434 g/mol. The van der Waals surface area contributed by atoms with Crippen LogP contribution in [-0.4, -0.2) is 36.6 Å². The van der Waals surface area contributed by atoms with Crippen LogP contribution in [0.1, 0.15) is 5.56 Å². The summed E-state index contributed by atoms with van der Waals surface area (Å²) in [4.78, 5) is 2.38. The third kappa shape index (κ3) is 3.79. The van der Waals surface area contributed by atoms with E-state index in [2.05, 4.69) is 26.8 Å². The monoisotopic (exact) mass is 435 g/mol. The van der Waals surface area contributed by atoms with Gasteiger partial charge in [0.15, 0.2) is 0 Å². The number of nitrogens with zero attached hydrogens (tertiary/aromatic N) is 1. The molecule has 0 radical (unpaired) electrons. The summed E-state index contributed by atoms with van der Waals surface area (Å²) < 4.78 is 29.6. The summed E-state index contributed by atoms with van der Waals surface area (Å²) in [7, 11) is 0.479. The second-order valence-corrected chi connectivity index (χ2v) is 12.2. The fraction of sp³-hybridized carbons (Fsp3) is 0.200. The Kier molecular flexibility index (Phi) is 5.39. The molecule has 26 heavy (non-hydrogen) atoms. The number of fused-ring (bicyclic) bond motifs is 1. The molecule has 1 atom stereocenters. The predicted molar refractivity (Wildman–Crippen MR) is 111 cm³/mol. The third-order valence-electron chi connectivity index (χ3n) is 4.22. The molecule has 0 fully saturated rings. The van der Waals surface area contributed by atoms with Crippen molar-refractivity contribution in [1.82, 2.24) is 3.74 Å². The second kappa shape index (κ2) is 7.41. The van der Waals surface area contributed by atoms with Crippen LogP contribution < -0.4 is 13.1 Å². The minimum atomic E-state index is -3.53. The number of hydrogen-bond acceptors (Lipinski definition) is 3. The summed E-state index contributed by atoms with van der Waals surface area (Å²) in [5.74, 6) is 2.01. The first-order valence-electron chi connectivity index (χ1n) is 8.24. The molecule has 0 spiro atoms. The fourth-order valence-corrected chi connectivity index (χ4v) is 8.84. The first-order chi connectivity index (χ1) is 12.3. The minimum absolute atomic E-state index is 0.312. The van der Waals surface area contributed by atoms with Crippen LogP contribution in [0.4, 0.5) is 5.69 Å². The van der Waals surface area contributed by atoms with Crippen molar-refractivity contribution >= 4 is 45.1 Å². The topological polar surface area (TPSA) is 49.4 Å². The molecule has 0 saturated carbocycles. The molecule has 0 aromatic heterocycles. The van der Waals surface area contributed by atoms with E-state index in [1.54, 1.807) is 12.1 Å². The van der Waals surface area contributed by atoms with Gasteiger partial charge in [0.05, 0.1) is 0 Å². The molecule has 0 heterocycles. The molecular formula is C20H23N2O2SSe+. The number of aryl methyl sites for hydroxylation is 1. The van der Waals surface area contributed by atoms with Gasteiger partial charge < -0.3 is 0 Å². The summed E-state index contributed by atoms with van der Waals surface area (Å²) in [6.07, 6.45) is 0. The quantitative estimate of drug-likeness (QED) is 0.628. The zero-order valence-corrected chi connectivity index (χ0v) is 17.9. The van der Waals surface area contributed by atoms with Crippen molar-refractivity contribution in [3.8, 4) is 0 Å². The molecule has 136 valence electrons. The first-order valence-corrected chi connectivity index (χ1v) is 13.1. The van der Waals surface area contributed by atoms with Crippen molar-refractivity contribution in [3.05, 3.63) is 66.2 Å². The molecule has 3 aromatic carbocycles. The van der Waals surface area contributed by atoms with Crippen molar-refractivity contribution in [3.63, 3.8) is 0 Å². The molecule has 1 unspecified atom stereocenters. The van der Waals surface area contributed by atoms with Crippen molar-refractivity contribution in [1.29, 1.82) is 0 Å². The SMILES string of the molecule is Cc1ccc(S(=O)(=O)N[Se+](C)c2cccc3cccc(N(C)C)c23)cc1. The van der Waals surface area contributed by atoms with Crippen molar-refractivity contribution in [2.75, 3.05) is 19.0 Å². The molecule has 1 N–H and O–H groups in total. The van der Waals surface area contributed by atoms with Gasteiger partial charge in [-0.3, -0.25) is 0 Å². The molecule has 0 saturated heterocycles. The van der Waals surface area contributed by atoms with E-state index in [4.69, 9.17) is 0 Å². The van der Waals surface area contributed by atoms with Crippen LogP contribution in [0.2, 0.25) is 5.82 Å². The van der Waals surface area contributed by atoms with Gasteiger partial charge in [0.2, 0.25) is 0 Å². The Labute approximate surface area is 160 Å². The predicted octanol–water partition coefficient (Wildman–Crippen LogP) is 3.02. The van der Waals surface area contributed by atoms with Gasteiger partial charge in [0.1, 0.15) is 0 Å².